The maximum absolute atomic E-state index is 12.3. The van der Waals surface area contributed by atoms with Gasteiger partial charge in [-0.2, -0.15) is 0 Å². The Morgan fingerprint density at radius 3 is 1.74 bits per heavy atom. The number of hydrogen-bond donors (Lipinski definition) is 1. The van der Waals surface area contributed by atoms with Crippen molar-refractivity contribution in [3.05, 3.63) is 54.1 Å². The van der Waals surface area contributed by atoms with Crippen molar-refractivity contribution in [1.29, 1.82) is 0 Å². The molecule has 0 amide bonds. The zero-order valence-corrected chi connectivity index (χ0v) is 11.9. The first kappa shape index (κ1) is 13.8. The summed E-state index contributed by atoms with van der Waals surface area (Å²) in [5, 5.41) is 0. The van der Waals surface area contributed by atoms with E-state index in [-0.39, 0.29) is 15.6 Å². The average molecular weight is 292 g/mol. The summed E-state index contributed by atoms with van der Waals surface area (Å²) >= 11 is 4.12. The number of rotatable bonds is 3. The summed E-state index contributed by atoms with van der Waals surface area (Å²) in [6.45, 7) is 1.44. The van der Waals surface area contributed by atoms with Crippen molar-refractivity contribution in [2.45, 2.75) is 21.6 Å². The van der Waals surface area contributed by atoms with E-state index in [1.54, 1.807) is 12.1 Å². The van der Waals surface area contributed by atoms with E-state index >= 15 is 0 Å². The quantitative estimate of drug-likeness (QED) is 0.699. The Balaban J connectivity index is 2.44. The maximum atomic E-state index is 12.3. The molecule has 19 heavy (non-hydrogen) atoms. The van der Waals surface area contributed by atoms with Crippen molar-refractivity contribution in [2.75, 3.05) is 0 Å². The van der Waals surface area contributed by atoms with Gasteiger partial charge in [0, 0.05) is 10.5 Å². The molecule has 0 aliphatic heterocycles. The molecular formula is C14H12O3S2. The van der Waals surface area contributed by atoms with Gasteiger partial charge < -0.3 is 0 Å². The summed E-state index contributed by atoms with van der Waals surface area (Å²) in [6, 6.07) is 12.2. The molecule has 0 saturated heterocycles. The molecule has 0 fully saturated rings. The molecule has 98 valence electrons. The highest BCUT2D eigenvalue weighted by atomic mass is 32.2. The zero-order chi connectivity index (χ0) is 14.0. The first-order valence-corrected chi connectivity index (χ1v) is 7.49. The summed E-state index contributed by atoms with van der Waals surface area (Å²) in [7, 11) is -3.54. The molecule has 5 heteroatoms. The molecule has 0 unspecified atom stereocenters. The predicted octanol–water partition coefficient (Wildman–Crippen LogP) is 3.01. The number of thiol groups is 1. The highest BCUT2D eigenvalue weighted by molar-refractivity contribution is 7.91. The van der Waals surface area contributed by atoms with Gasteiger partial charge in [-0.25, -0.2) is 8.42 Å². The Hall–Kier alpha value is -1.59. The molecule has 0 saturated carbocycles. The van der Waals surface area contributed by atoms with E-state index < -0.39 is 9.84 Å². The minimum absolute atomic E-state index is 0.0941. The van der Waals surface area contributed by atoms with Crippen LogP contribution in [0.1, 0.15) is 17.3 Å². The Morgan fingerprint density at radius 1 is 0.895 bits per heavy atom. The van der Waals surface area contributed by atoms with Gasteiger partial charge in [-0.1, -0.05) is 12.1 Å². The first-order valence-electron chi connectivity index (χ1n) is 5.56. The van der Waals surface area contributed by atoms with Crippen molar-refractivity contribution >= 4 is 28.2 Å². The third kappa shape index (κ3) is 2.88. The lowest BCUT2D eigenvalue weighted by molar-refractivity contribution is 0.101. The fourth-order valence-corrected chi connectivity index (χ4v) is 3.04. The van der Waals surface area contributed by atoms with E-state index in [1.807, 2.05) is 0 Å². The molecule has 2 aromatic rings. The molecule has 0 aliphatic carbocycles. The van der Waals surface area contributed by atoms with Crippen LogP contribution in [0.3, 0.4) is 0 Å². The summed E-state index contributed by atoms with van der Waals surface area (Å²) in [5.74, 6) is -0.0941. The third-order valence-corrected chi connectivity index (χ3v) is 4.80. The molecule has 0 aliphatic rings. The number of ketones is 1. The second-order valence-corrected chi connectivity index (χ2v) is 6.54. The van der Waals surface area contributed by atoms with Gasteiger partial charge in [0.05, 0.1) is 9.79 Å². The van der Waals surface area contributed by atoms with Crippen LogP contribution in [0.15, 0.2) is 63.2 Å². The van der Waals surface area contributed by atoms with Gasteiger partial charge in [0.2, 0.25) is 9.84 Å². The smallest absolute Gasteiger partial charge is 0.206 e. The zero-order valence-electron chi connectivity index (χ0n) is 10.2. The lowest BCUT2D eigenvalue weighted by atomic mass is 10.2. The Kier molecular flexibility index (Phi) is 3.78. The number of sulfone groups is 1. The average Bonchev–Trinajstić information content (AvgIpc) is 2.39. The molecule has 0 radical (unpaired) electrons. The van der Waals surface area contributed by atoms with Gasteiger partial charge in [-0.3, -0.25) is 4.79 Å². The van der Waals surface area contributed by atoms with Crippen LogP contribution >= 0.6 is 12.6 Å². The minimum Gasteiger partial charge on any atom is -0.295 e. The van der Waals surface area contributed by atoms with Crippen LogP contribution in [-0.4, -0.2) is 14.2 Å². The first-order chi connectivity index (χ1) is 8.91. The van der Waals surface area contributed by atoms with E-state index in [2.05, 4.69) is 12.6 Å². The Bertz CT molecular complexity index is 699. The standard InChI is InChI=1S/C14H12O3S2/c1-10(15)11-2-6-13(7-3-11)19(16,17)14-8-4-12(18)5-9-14/h2-9,18H,1H3. The van der Waals surface area contributed by atoms with Crippen molar-refractivity contribution < 1.29 is 13.2 Å². The predicted molar refractivity (Wildman–Crippen MR) is 75.6 cm³/mol. The van der Waals surface area contributed by atoms with Gasteiger partial charge in [0.15, 0.2) is 5.78 Å². The number of hydrogen-bond acceptors (Lipinski definition) is 4. The molecule has 0 aromatic heterocycles. The fraction of sp³-hybridized carbons (Fsp3) is 0.0714. The summed E-state index contributed by atoms with van der Waals surface area (Å²) in [5.41, 5.74) is 0.490. The van der Waals surface area contributed by atoms with Crippen LogP contribution in [0.2, 0.25) is 0 Å². The van der Waals surface area contributed by atoms with Gasteiger partial charge in [-0.05, 0) is 43.3 Å². The van der Waals surface area contributed by atoms with Crippen LogP contribution < -0.4 is 0 Å². The Morgan fingerprint density at radius 2 is 1.32 bits per heavy atom. The highest BCUT2D eigenvalue weighted by Crippen LogP contribution is 2.22. The molecule has 2 aromatic carbocycles. The van der Waals surface area contributed by atoms with Crippen LogP contribution in [0.4, 0.5) is 0 Å². The van der Waals surface area contributed by atoms with Crippen molar-refractivity contribution in [3.8, 4) is 0 Å². The Labute approximate surface area is 117 Å². The lowest BCUT2D eigenvalue weighted by Gasteiger charge is -2.05. The third-order valence-electron chi connectivity index (χ3n) is 2.72. The molecule has 0 N–H and O–H groups in total. The van der Waals surface area contributed by atoms with Crippen LogP contribution in [-0.2, 0) is 9.84 Å². The second kappa shape index (κ2) is 5.19. The number of Topliss-reactive ketones (excluding diaryl/α,β-unsaturated/α-hetero) is 1. The van der Waals surface area contributed by atoms with Gasteiger partial charge >= 0.3 is 0 Å². The van der Waals surface area contributed by atoms with E-state index in [1.165, 1.54) is 43.3 Å². The van der Waals surface area contributed by atoms with Gasteiger partial charge in [0.1, 0.15) is 0 Å². The van der Waals surface area contributed by atoms with Crippen LogP contribution in [0.25, 0.3) is 0 Å². The van der Waals surface area contributed by atoms with Crippen molar-refractivity contribution in [1.82, 2.24) is 0 Å². The fourth-order valence-electron chi connectivity index (χ4n) is 1.63. The van der Waals surface area contributed by atoms with Crippen molar-refractivity contribution in [2.24, 2.45) is 0 Å². The molecule has 0 atom stereocenters. The summed E-state index contributed by atoms with van der Waals surface area (Å²) in [6.07, 6.45) is 0. The molecule has 3 nitrogen and oxygen atoms in total. The highest BCUT2D eigenvalue weighted by Gasteiger charge is 2.17. The van der Waals surface area contributed by atoms with E-state index in [0.717, 1.165) is 0 Å². The van der Waals surface area contributed by atoms with Crippen LogP contribution in [0.5, 0.6) is 0 Å². The molecule has 0 spiro atoms. The maximum Gasteiger partial charge on any atom is 0.206 e. The number of carbonyl (C=O) groups is 1. The lowest BCUT2D eigenvalue weighted by Crippen LogP contribution is -2.02. The topological polar surface area (TPSA) is 51.2 Å². The monoisotopic (exact) mass is 292 g/mol. The summed E-state index contributed by atoms with van der Waals surface area (Å²) < 4.78 is 24.6. The second-order valence-electron chi connectivity index (χ2n) is 4.08. The molecule has 2 rings (SSSR count). The van der Waals surface area contributed by atoms with E-state index in [9.17, 15) is 13.2 Å². The minimum atomic E-state index is -3.54. The molecule has 0 heterocycles. The summed E-state index contributed by atoms with van der Waals surface area (Å²) in [4.78, 5) is 12.2. The van der Waals surface area contributed by atoms with E-state index in [4.69, 9.17) is 0 Å². The molecular weight excluding hydrogens is 280 g/mol. The number of benzene rings is 2. The van der Waals surface area contributed by atoms with E-state index in [0.29, 0.717) is 10.5 Å². The van der Waals surface area contributed by atoms with Crippen molar-refractivity contribution in [3.63, 3.8) is 0 Å². The largest absolute Gasteiger partial charge is 0.295 e. The number of carbonyl (C=O) groups excluding carboxylic acids is 1. The SMILES string of the molecule is CC(=O)c1ccc(S(=O)(=O)c2ccc(S)cc2)cc1. The van der Waals surface area contributed by atoms with Gasteiger partial charge in [-0.15, -0.1) is 12.6 Å². The molecule has 0 bridgehead atoms. The normalized spacial score (nSPS) is 11.3. The van der Waals surface area contributed by atoms with Gasteiger partial charge in [0.25, 0.3) is 0 Å². The van der Waals surface area contributed by atoms with Crippen LogP contribution in [0, 0.1) is 0 Å².